The van der Waals surface area contributed by atoms with E-state index in [0.717, 1.165) is 58.3 Å². The van der Waals surface area contributed by atoms with Crippen LogP contribution in [0.4, 0.5) is 5.82 Å². The fourth-order valence-corrected chi connectivity index (χ4v) is 5.43. The third-order valence-corrected chi connectivity index (χ3v) is 6.87. The van der Waals surface area contributed by atoms with Gasteiger partial charge in [-0.25, -0.2) is 9.97 Å². The first-order chi connectivity index (χ1) is 14.1. The molecule has 4 rings (SSSR count). The number of rotatable bonds is 5. The minimum Gasteiger partial charge on any atom is -0.354 e. The Bertz CT molecular complexity index is 1060. The summed E-state index contributed by atoms with van der Waals surface area (Å²) >= 11 is 7.20. The summed E-state index contributed by atoms with van der Waals surface area (Å²) in [6.07, 6.45) is 3.52. The van der Waals surface area contributed by atoms with Crippen molar-refractivity contribution in [2.24, 2.45) is 5.92 Å². The maximum atomic E-state index is 12.9. The van der Waals surface area contributed by atoms with E-state index in [0.29, 0.717) is 6.54 Å². The van der Waals surface area contributed by atoms with Crippen molar-refractivity contribution < 1.29 is 4.79 Å². The molecule has 152 valence electrons. The number of hydrogen-bond donors (Lipinski definition) is 0. The lowest BCUT2D eigenvalue weighted by atomic mass is 9.96. The molecule has 0 aliphatic carbocycles. The minimum atomic E-state index is 0.0119. The van der Waals surface area contributed by atoms with E-state index >= 15 is 0 Å². The Morgan fingerprint density at radius 1 is 1.24 bits per heavy atom. The summed E-state index contributed by atoms with van der Waals surface area (Å²) in [5.41, 5.74) is 1.83. The fourth-order valence-electron chi connectivity index (χ4n) is 4.02. The van der Waals surface area contributed by atoms with Crippen molar-refractivity contribution in [1.29, 1.82) is 0 Å². The number of para-hydroxylation sites is 1. The summed E-state index contributed by atoms with van der Waals surface area (Å²) in [6.45, 7) is 7.17. The molecule has 3 heterocycles. The molecule has 2 aromatic heterocycles. The summed E-state index contributed by atoms with van der Waals surface area (Å²) in [5.74, 6) is 1.15. The van der Waals surface area contributed by atoms with E-state index in [4.69, 9.17) is 12.2 Å². The fraction of sp³-hybridized carbons (Fsp3) is 0.429. The van der Waals surface area contributed by atoms with E-state index in [1.807, 2.05) is 53.6 Å². The van der Waals surface area contributed by atoms with Gasteiger partial charge in [0, 0.05) is 31.9 Å². The molecule has 6 nitrogen and oxygen atoms in total. The summed E-state index contributed by atoms with van der Waals surface area (Å²) in [7, 11) is 0. The predicted molar refractivity (Wildman–Crippen MR) is 120 cm³/mol. The van der Waals surface area contributed by atoms with Gasteiger partial charge in [-0.2, -0.15) is 0 Å². The number of carbonyl (C=O) groups excluding carboxylic acids is 1. The predicted octanol–water partition coefficient (Wildman–Crippen LogP) is 4.30. The average molecular weight is 428 g/mol. The van der Waals surface area contributed by atoms with E-state index in [1.165, 1.54) is 11.3 Å². The van der Waals surface area contributed by atoms with Gasteiger partial charge in [-0.05, 0) is 51.0 Å². The number of thiazole rings is 1. The second-order valence-electron chi connectivity index (χ2n) is 7.18. The minimum absolute atomic E-state index is 0.0119. The third-order valence-electron chi connectivity index (χ3n) is 5.51. The monoisotopic (exact) mass is 427 g/mol. The van der Waals surface area contributed by atoms with Crippen LogP contribution >= 0.6 is 23.6 Å². The van der Waals surface area contributed by atoms with Crippen molar-refractivity contribution >= 4 is 45.6 Å². The molecule has 0 N–H and O–H groups in total. The maximum absolute atomic E-state index is 12.9. The zero-order valence-corrected chi connectivity index (χ0v) is 18.4. The first-order valence-corrected chi connectivity index (χ1v) is 11.3. The first-order valence-electron chi connectivity index (χ1n) is 10.1. The topological polar surface area (TPSA) is 54.3 Å². The molecule has 1 aliphatic heterocycles. The van der Waals surface area contributed by atoms with Crippen LogP contribution in [-0.2, 0) is 4.79 Å². The van der Waals surface area contributed by atoms with Gasteiger partial charge in [-0.15, -0.1) is 0 Å². The van der Waals surface area contributed by atoms with Crippen molar-refractivity contribution in [1.82, 2.24) is 19.4 Å². The van der Waals surface area contributed by atoms with Crippen LogP contribution < -0.4 is 4.90 Å². The van der Waals surface area contributed by atoms with Gasteiger partial charge in [-0.3, -0.25) is 9.36 Å². The van der Waals surface area contributed by atoms with Gasteiger partial charge in [0.1, 0.15) is 11.0 Å². The number of anilines is 1. The molecule has 3 aromatic rings. The van der Waals surface area contributed by atoms with Gasteiger partial charge in [0.05, 0.1) is 5.92 Å². The highest BCUT2D eigenvalue weighted by atomic mass is 32.1. The van der Waals surface area contributed by atoms with Gasteiger partial charge < -0.3 is 9.80 Å². The van der Waals surface area contributed by atoms with Crippen LogP contribution in [0.25, 0.3) is 16.0 Å². The number of piperidine rings is 1. The second kappa shape index (κ2) is 8.59. The molecule has 0 radical (unpaired) electrons. The molecule has 8 heteroatoms. The number of amides is 1. The Labute approximate surface area is 179 Å². The van der Waals surface area contributed by atoms with Crippen LogP contribution in [0.5, 0.6) is 0 Å². The number of fused-ring (bicyclic) bond motifs is 1. The molecule has 0 bridgehead atoms. The van der Waals surface area contributed by atoms with Gasteiger partial charge in [0.15, 0.2) is 15.4 Å². The van der Waals surface area contributed by atoms with Crippen molar-refractivity contribution in [3.63, 3.8) is 0 Å². The summed E-state index contributed by atoms with van der Waals surface area (Å²) in [5, 5.41) is 0. The van der Waals surface area contributed by atoms with Gasteiger partial charge in [0.2, 0.25) is 5.91 Å². The second-order valence-corrected chi connectivity index (χ2v) is 8.83. The van der Waals surface area contributed by atoms with Crippen LogP contribution in [0.2, 0.25) is 0 Å². The van der Waals surface area contributed by atoms with Crippen LogP contribution in [0, 0.1) is 9.87 Å². The van der Waals surface area contributed by atoms with Crippen molar-refractivity contribution in [3.05, 3.63) is 40.6 Å². The number of nitrogens with zero attached hydrogens (tertiary/aromatic N) is 5. The number of hydrogen-bond acceptors (Lipinski definition) is 6. The lowest BCUT2D eigenvalue weighted by Gasteiger charge is -2.35. The van der Waals surface area contributed by atoms with Crippen LogP contribution in [0.1, 0.15) is 26.7 Å². The van der Waals surface area contributed by atoms with Crippen LogP contribution in [0.3, 0.4) is 0 Å². The average Bonchev–Trinajstić information content (AvgIpc) is 3.11. The summed E-state index contributed by atoms with van der Waals surface area (Å²) < 4.78 is 3.74. The lowest BCUT2D eigenvalue weighted by Crippen LogP contribution is -2.45. The SMILES string of the molecule is CCN(CC)C(=O)[C@H]1CCCN(c2ncnc3c2sc(=S)n3-c2ccccc2)C1. The van der Waals surface area contributed by atoms with Crippen LogP contribution in [0.15, 0.2) is 36.7 Å². The number of benzene rings is 1. The normalized spacial score (nSPS) is 16.9. The molecule has 1 aromatic carbocycles. The van der Waals surface area contributed by atoms with E-state index < -0.39 is 0 Å². The largest absolute Gasteiger partial charge is 0.354 e. The Morgan fingerprint density at radius 2 is 2.00 bits per heavy atom. The molecule has 0 saturated carbocycles. The molecule has 1 fully saturated rings. The zero-order valence-electron chi connectivity index (χ0n) is 16.7. The number of aromatic nitrogens is 3. The highest BCUT2D eigenvalue weighted by molar-refractivity contribution is 7.73. The Kier molecular flexibility index (Phi) is 5.91. The Hall–Kier alpha value is -2.32. The summed E-state index contributed by atoms with van der Waals surface area (Å²) in [6, 6.07) is 10.0. The molecule has 0 spiro atoms. The zero-order chi connectivity index (χ0) is 20.4. The van der Waals surface area contributed by atoms with E-state index in [9.17, 15) is 4.79 Å². The first kappa shape index (κ1) is 20.0. The van der Waals surface area contributed by atoms with E-state index in [1.54, 1.807) is 6.33 Å². The highest BCUT2D eigenvalue weighted by Crippen LogP contribution is 2.33. The van der Waals surface area contributed by atoms with Crippen LogP contribution in [-0.4, -0.2) is 51.5 Å². The highest BCUT2D eigenvalue weighted by Gasteiger charge is 2.30. The molecule has 1 aliphatic rings. The van der Waals surface area contributed by atoms with Crippen molar-refractivity contribution in [3.8, 4) is 5.69 Å². The smallest absolute Gasteiger partial charge is 0.227 e. The van der Waals surface area contributed by atoms with Gasteiger partial charge in [0.25, 0.3) is 0 Å². The standard InChI is InChI=1S/C21H25N5OS2/c1-3-24(4-2)20(27)15-9-8-12-25(13-15)18-17-19(23-14-22-18)26(21(28)29-17)16-10-6-5-7-11-16/h5-7,10-11,14-15H,3-4,8-9,12-13H2,1-2H3/t15-/m0/s1. The van der Waals surface area contributed by atoms with Gasteiger partial charge >= 0.3 is 0 Å². The Morgan fingerprint density at radius 3 is 2.72 bits per heavy atom. The lowest BCUT2D eigenvalue weighted by molar-refractivity contribution is -0.135. The molecule has 29 heavy (non-hydrogen) atoms. The molecule has 1 amide bonds. The molecule has 1 atom stereocenters. The van der Waals surface area contributed by atoms with Crippen molar-refractivity contribution in [2.45, 2.75) is 26.7 Å². The quantitative estimate of drug-likeness (QED) is 0.569. The maximum Gasteiger partial charge on any atom is 0.227 e. The number of carbonyl (C=O) groups is 1. The van der Waals surface area contributed by atoms with Crippen molar-refractivity contribution in [2.75, 3.05) is 31.1 Å². The molecule has 0 unspecified atom stereocenters. The molecular weight excluding hydrogens is 402 g/mol. The molecule has 1 saturated heterocycles. The third kappa shape index (κ3) is 3.79. The van der Waals surface area contributed by atoms with Gasteiger partial charge in [-0.1, -0.05) is 29.5 Å². The van der Waals surface area contributed by atoms with E-state index in [2.05, 4.69) is 14.9 Å². The summed E-state index contributed by atoms with van der Waals surface area (Å²) in [4.78, 5) is 26.2. The Balaban J connectivity index is 1.70. The molecular formula is C21H25N5OS2. The van der Waals surface area contributed by atoms with E-state index in [-0.39, 0.29) is 11.8 Å².